The number of nitrogens with one attached hydrogen (secondary N) is 1. The highest BCUT2D eigenvalue weighted by atomic mass is 35.5. The van der Waals surface area contributed by atoms with E-state index < -0.39 is 22.5 Å². The van der Waals surface area contributed by atoms with E-state index in [0.717, 1.165) is 15.1 Å². The van der Waals surface area contributed by atoms with Crippen LogP contribution in [0, 0.1) is 0 Å². The van der Waals surface area contributed by atoms with Crippen LogP contribution in [0.25, 0.3) is 10.8 Å². The first-order valence-electron chi connectivity index (χ1n) is 9.67. The zero-order valence-corrected chi connectivity index (χ0v) is 19.0. The van der Waals surface area contributed by atoms with Gasteiger partial charge >= 0.3 is 0 Å². The van der Waals surface area contributed by atoms with Crippen molar-refractivity contribution in [3.8, 4) is 0 Å². The van der Waals surface area contributed by atoms with Gasteiger partial charge in [-0.3, -0.25) is 9.10 Å². The van der Waals surface area contributed by atoms with Crippen molar-refractivity contribution < 1.29 is 13.2 Å². The van der Waals surface area contributed by atoms with Crippen molar-refractivity contribution in [3.05, 3.63) is 101 Å². The van der Waals surface area contributed by atoms with Crippen LogP contribution in [0.15, 0.2) is 95.9 Å². The van der Waals surface area contributed by atoms with E-state index in [1.807, 2.05) is 36.4 Å². The molecule has 1 amide bonds. The zero-order chi connectivity index (χ0) is 22.7. The first-order valence-corrected chi connectivity index (χ1v) is 11.9. The second kappa shape index (κ2) is 9.20. The van der Waals surface area contributed by atoms with E-state index in [1.165, 1.54) is 30.3 Å². The molecule has 0 aliphatic heterocycles. The molecule has 0 aliphatic rings. The highest BCUT2D eigenvalue weighted by Crippen LogP contribution is 2.31. The lowest BCUT2D eigenvalue weighted by Crippen LogP contribution is -2.38. The third-order valence-electron chi connectivity index (χ3n) is 4.87. The van der Waals surface area contributed by atoms with Crippen LogP contribution in [0.4, 0.5) is 11.4 Å². The minimum Gasteiger partial charge on any atom is -0.324 e. The van der Waals surface area contributed by atoms with Gasteiger partial charge in [-0.2, -0.15) is 0 Å². The third kappa shape index (κ3) is 4.58. The molecule has 0 fully saturated rings. The molecule has 0 saturated heterocycles. The molecule has 0 atom stereocenters. The molecule has 8 heteroatoms. The summed E-state index contributed by atoms with van der Waals surface area (Å²) in [4.78, 5) is 13.1. The standard InChI is InChI=1S/C24H18Cl2N2O3S/c25-21-14-13-18(15-22(21)26)28(32(30,31)19-9-2-1-3-10-19)16-24(29)27-23-12-6-8-17-7-4-5-11-20(17)23/h1-15H,16H2,(H,27,29). The van der Waals surface area contributed by atoms with E-state index >= 15 is 0 Å². The van der Waals surface area contributed by atoms with Gasteiger partial charge in [0.15, 0.2) is 0 Å². The number of carbonyl (C=O) groups is 1. The van der Waals surface area contributed by atoms with Gasteiger partial charge in [-0.25, -0.2) is 8.42 Å². The number of fused-ring (bicyclic) bond motifs is 1. The first kappa shape index (κ1) is 22.1. The van der Waals surface area contributed by atoms with Crippen LogP contribution in [0.5, 0.6) is 0 Å². The van der Waals surface area contributed by atoms with Gasteiger partial charge in [-0.05, 0) is 41.8 Å². The lowest BCUT2D eigenvalue weighted by Gasteiger charge is -2.24. The smallest absolute Gasteiger partial charge is 0.264 e. The number of carbonyl (C=O) groups excluding carboxylic acids is 1. The largest absolute Gasteiger partial charge is 0.324 e. The molecule has 0 saturated carbocycles. The molecular weight excluding hydrogens is 467 g/mol. The average molecular weight is 485 g/mol. The fraction of sp³-hybridized carbons (Fsp3) is 0.0417. The van der Waals surface area contributed by atoms with Crippen LogP contribution in [0.2, 0.25) is 10.0 Å². The van der Waals surface area contributed by atoms with Crippen LogP contribution in [0.1, 0.15) is 0 Å². The summed E-state index contributed by atoms with van der Waals surface area (Å²) in [5.74, 6) is -0.494. The van der Waals surface area contributed by atoms with Crippen molar-refractivity contribution >= 4 is 61.3 Å². The number of sulfonamides is 1. The number of nitrogens with zero attached hydrogens (tertiary/aromatic N) is 1. The van der Waals surface area contributed by atoms with E-state index in [2.05, 4.69) is 5.32 Å². The maximum absolute atomic E-state index is 13.4. The van der Waals surface area contributed by atoms with E-state index in [9.17, 15) is 13.2 Å². The van der Waals surface area contributed by atoms with Crippen LogP contribution < -0.4 is 9.62 Å². The summed E-state index contributed by atoms with van der Waals surface area (Å²) in [6, 6.07) is 25.5. The first-order chi connectivity index (χ1) is 15.4. The molecule has 4 aromatic carbocycles. The number of hydrogen-bond donors (Lipinski definition) is 1. The average Bonchev–Trinajstić information content (AvgIpc) is 2.80. The number of hydrogen-bond acceptors (Lipinski definition) is 3. The summed E-state index contributed by atoms with van der Waals surface area (Å²) >= 11 is 12.1. The Kier molecular flexibility index (Phi) is 6.37. The highest BCUT2D eigenvalue weighted by molar-refractivity contribution is 7.92. The molecule has 0 spiro atoms. The molecule has 0 aliphatic carbocycles. The molecule has 0 aromatic heterocycles. The number of rotatable bonds is 6. The Bertz CT molecular complexity index is 1390. The van der Waals surface area contributed by atoms with Crippen LogP contribution in [0.3, 0.4) is 0 Å². The molecule has 4 aromatic rings. The predicted molar refractivity (Wildman–Crippen MR) is 130 cm³/mol. The second-order valence-electron chi connectivity index (χ2n) is 7.00. The number of halogens is 2. The number of amides is 1. The molecule has 32 heavy (non-hydrogen) atoms. The molecule has 0 bridgehead atoms. The summed E-state index contributed by atoms with van der Waals surface area (Å²) in [6.07, 6.45) is 0. The molecule has 0 heterocycles. The Balaban J connectivity index is 1.70. The summed E-state index contributed by atoms with van der Waals surface area (Å²) in [5, 5.41) is 5.12. The van der Waals surface area contributed by atoms with Gasteiger partial charge in [0.1, 0.15) is 6.54 Å². The monoisotopic (exact) mass is 484 g/mol. The van der Waals surface area contributed by atoms with E-state index in [4.69, 9.17) is 23.2 Å². The van der Waals surface area contributed by atoms with Crippen LogP contribution in [-0.2, 0) is 14.8 Å². The molecule has 0 unspecified atom stereocenters. The highest BCUT2D eigenvalue weighted by Gasteiger charge is 2.27. The van der Waals surface area contributed by atoms with Crippen molar-refractivity contribution in [2.45, 2.75) is 4.90 Å². The predicted octanol–water partition coefficient (Wildman–Crippen LogP) is 5.98. The maximum Gasteiger partial charge on any atom is 0.264 e. The van der Waals surface area contributed by atoms with E-state index in [0.29, 0.717) is 5.69 Å². The Morgan fingerprint density at radius 2 is 1.50 bits per heavy atom. The normalized spacial score (nSPS) is 11.3. The Hall–Kier alpha value is -3.06. The molecule has 0 radical (unpaired) electrons. The summed E-state index contributed by atoms with van der Waals surface area (Å²) < 4.78 is 27.8. The topological polar surface area (TPSA) is 66.5 Å². The van der Waals surface area contributed by atoms with Gasteiger partial charge < -0.3 is 5.32 Å². The van der Waals surface area contributed by atoms with Gasteiger partial charge in [0.05, 0.1) is 20.6 Å². The summed E-state index contributed by atoms with van der Waals surface area (Å²) in [5.41, 5.74) is 0.829. The lowest BCUT2D eigenvalue weighted by molar-refractivity contribution is -0.114. The van der Waals surface area contributed by atoms with Crippen molar-refractivity contribution in [1.29, 1.82) is 0 Å². The van der Waals surface area contributed by atoms with Gasteiger partial charge in [0.2, 0.25) is 5.91 Å². The minimum atomic E-state index is -4.04. The Morgan fingerprint density at radius 1 is 0.812 bits per heavy atom. The van der Waals surface area contributed by atoms with Crippen molar-refractivity contribution in [3.63, 3.8) is 0 Å². The number of anilines is 2. The lowest BCUT2D eigenvalue weighted by atomic mass is 10.1. The zero-order valence-electron chi connectivity index (χ0n) is 16.7. The Labute approximate surface area is 196 Å². The quantitative estimate of drug-likeness (QED) is 0.365. The molecule has 4 rings (SSSR count). The van der Waals surface area contributed by atoms with E-state index in [1.54, 1.807) is 24.3 Å². The fourth-order valence-corrected chi connectivity index (χ4v) is 5.06. The summed E-state index contributed by atoms with van der Waals surface area (Å²) in [7, 11) is -4.04. The second-order valence-corrected chi connectivity index (χ2v) is 9.67. The third-order valence-corrected chi connectivity index (χ3v) is 7.40. The Morgan fingerprint density at radius 3 is 2.25 bits per heavy atom. The van der Waals surface area contributed by atoms with Gasteiger partial charge in [-0.1, -0.05) is 77.8 Å². The SMILES string of the molecule is O=C(CN(c1ccc(Cl)c(Cl)c1)S(=O)(=O)c1ccccc1)Nc1cccc2ccccc12. The minimum absolute atomic E-state index is 0.0593. The molecule has 5 nitrogen and oxygen atoms in total. The molecule has 1 N–H and O–H groups in total. The van der Waals surface area contributed by atoms with Crippen LogP contribution in [-0.4, -0.2) is 20.9 Å². The maximum atomic E-state index is 13.4. The fourth-order valence-electron chi connectivity index (χ4n) is 3.33. The number of benzene rings is 4. The van der Waals surface area contributed by atoms with Gasteiger partial charge in [0, 0.05) is 11.1 Å². The van der Waals surface area contributed by atoms with Crippen molar-refractivity contribution in [2.24, 2.45) is 0 Å². The van der Waals surface area contributed by atoms with Crippen LogP contribution >= 0.6 is 23.2 Å². The van der Waals surface area contributed by atoms with Crippen molar-refractivity contribution in [2.75, 3.05) is 16.2 Å². The summed E-state index contributed by atoms with van der Waals surface area (Å²) in [6.45, 7) is -0.446. The molecule has 162 valence electrons. The van der Waals surface area contributed by atoms with Gasteiger partial charge in [-0.15, -0.1) is 0 Å². The van der Waals surface area contributed by atoms with E-state index in [-0.39, 0.29) is 20.6 Å². The van der Waals surface area contributed by atoms with Crippen molar-refractivity contribution in [1.82, 2.24) is 0 Å². The van der Waals surface area contributed by atoms with Gasteiger partial charge in [0.25, 0.3) is 10.0 Å². The molecular formula is C24H18Cl2N2O3S.